The van der Waals surface area contributed by atoms with Gasteiger partial charge in [0.25, 0.3) is 0 Å². The van der Waals surface area contributed by atoms with Crippen LogP contribution in [-0.4, -0.2) is 15.4 Å². The smallest absolute Gasteiger partial charge is 0.166 e. The first-order valence-electron chi connectivity index (χ1n) is 7.22. The summed E-state index contributed by atoms with van der Waals surface area (Å²) in [5, 5.41) is 8.40. The van der Waals surface area contributed by atoms with E-state index in [0.29, 0.717) is 29.3 Å². The van der Waals surface area contributed by atoms with Crippen LogP contribution < -0.4 is 0 Å². The first kappa shape index (κ1) is 15.3. The molecule has 1 aromatic carbocycles. The predicted octanol–water partition coefficient (Wildman–Crippen LogP) is 4.08. The molecule has 0 aliphatic heterocycles. The molecule has 2 aromatic heterocycles. The van der Waals surface area contributed by atoms with Crippen LogP contribution in [0.2, 0.25) is 5.02 Å². The largest absolute Gasteiger partial charge is 0.341 e. The molecule has 23 heavy (non-hydrogen) atoms. The summed E-state index contributed by atoms with van der Waals surface area (Å²) < 4.78 is 5.28. The molecule has 0 N–H and O–H groups in total. The highest BCUT2D eigenvalue weighted by molar-refractivity contribution is 6.33. The maximum atomic E-state index is 6.29. The van der Waals surface area contributed by atoms with E-state index in [2.05, 4.69) is 27.2 Å². The summed E-state index contributed by atoms with van der Waals surface area (Å²) >= 11 is 6.29. The first-order valence-corrected chi connectivity index (χ1v) is 7.60. The van der Waals surface area contributed by atoms with Gasteiger partial charge in [0.15, 0.2) is 5.76 Å². The molecule has 0 saturated carbocycles. The van der Waals surface area contributed by atoms with E-state index in [0.717, 1.165) is 16.8 Å². The zero-order chi connectivity index (χ0) is 16.1. The lowest BCUT2D eigenvalue weighted by Gasteiger charge is -2.05. The number of aromatic nitrogens is 3. The molecule has 0 amide bonds. The predicted molar refractivity (Wildman–Crippen MR) is 88.9 cm³/mol. The third kappa shape index (κ3) is 3.58. The molecule has 0 radical (unpaired) electrons. The van der Waals surface area contributed by atoms with Gasteiger partial charge < -0.3 is 4.52 Å². The second kappa shape index (κ2) is 7.08. The average molecular weight is 324 g/mol. The van der Waals surface area contributed by atoms with Gasteiger partial charge in [-0.05, 0) is 36.6 Å². The van der Waals surface area contributed by atoms with Gasteiger partial charge in [-0.15, -0.1) is 5.10 Å². The second-order valence-electron chi connectivity index (χ2n) is 4.99. The van der Waals surface area contributed by atoms with Crippen LogP contribution in [0, 0.1) is 18.8 Å². The van der Waals surface area contributed by atoms with E-state index in [-0.39, 0.29) is 0 Å². The Labute approximate surface area is 139 Å². The van der Waals surface area contributed by atoms with E-state index >= 15 is 0 Å². The SMILES string of the molecule is Cc1cccc(Cl)c1-c1nnoc1CCC#Cc1ccccn1. The molecule has 0 aliphatic carbocycles. The van der Waals surface area contributed by atoms with Crippen LogP contribution in [0.25, 0.3) is 11.3 Å². The third-order valence-electron chi connectivity index (χ3n) is 3.37. The van der Waals surface area contributed by atoms with Crippen molar-refractivity contribution in [2.45, 2.75) is 19.8 Å². The molecule has 0 bridgehead atoms. The van der Waals surface area contributed by atoms with Crippen LogP contribution >= 0.6 is 11.6 Å². The lowest BCUT2D eigenvalue weighted by molar-refractivity contribution is 0.363. The number of hydrogen-bond donors (Lipinski definition) is 0. The minimum Gasteiger partial charge on any atom is -0.341 e. The normalized spacial score (nSPS) is 10.2. The topological polar surface area (TPSA) is 51.8 Å². The fraction of sp³-hybridized carbons (Fsp3) is 0.167. The minimum atomic E-state index is 0.618. The van der Waals surface area contributed by atoms with Gasteiger partial charge in [-0.3, -0.25) is 0 Å². The van der Waals surface area contributed by atoms with Crippen molar-refractivity contribution < 1.29 is 4.52 Å². The van der Waals surface area contributed by atoms with E-state index < -0.39 is 0 Å². The first-order chi connectivity index (χ1) is 11.3. The van der Waals surface area contributed by atoms with Crippen LogP contribution in [0.15, 0.2) is 47.1 Å². The van der Waals surface area contributed by atoms with E-state index in [4.69, 9.17) is 16.1 Å². The number of rotatable bonds is 3. The van der Waals surface area contributed by atoms with Crippen LogP contribution in [0.1, 0.15) is 23.4 Å². The standard InChI is InChI=1S/C18H14ClN3O/c1-13-7-6-10-15(19)17(13)18-16(23-22-21-18)11-3-2-8-14-9-4-5-12-20-14/h4-7,9-10,12H,3,11H2,1H3. The molecule has 0 saturated heterocycles. The molecule has 3 rings (SSSR count). The zero-order valence-corrected chi connectivity index (χ0v) is 13.3. The van der Waals surface area contributed by atoms with Crippen molar-refractivity contribution in [1.29, 1.82) is 0 Å². The van der Waals surface area contributed by atoms with Gasteiger partial charge in [0.05, 0.1) is 5.02 Å². The fourth-order valence-corrected chi connectivity index (χ4v) is 2.57. The summed E-state index contributed by atoms with van der Waals surface area (Å²) in [6, 6.07) is 11.4. The Balaban J connectivity index is 1.76. The van der Waals surface area contributed by atoms with Crippen LogP contribution in [0.3, 0.4) is 0 Å². The van der Waals surface area contributed by atoms with Gasteiger partial charge in [0.1, 0.15) is 11.4 Å². The number of aryl methyl sites for hydroxylation is 2. The number of nitrogens with zero attached hydrogens (tertiary/aromatic N) is 3. The summed E-state index contributed by atoms with van der Waals surface area (Å²) in [5.74, 6) is 6.80. The van der Waals surface area contributed by atoms with Crippen LogP contribution in [-0.2, 0) is 6.42 Å². The Kier molecular flexibility index (Phi) is 4.70. The van der Waals surface area contributed by atoms with E-state index in [1.165, 1.54) is 0 Å². The molecular formula is C18H14ClN3O. The summed E-state index contributed by atoms with van der Waals surface area (Å²) in [6.45, 7) is 1.99. The molecule has 0 unspecified atom stereocenters. The minimum absolute atomic E-state index is 0.618. The Morgan fingerprint density at radius 2 is 2.09 bits per heavy atom. The van der Waals surface area contributed by atoms with Crippen molar-refractivity contribution in [3.05, 3.63) is 64.6 Å². The molecule has 0 fully saturated rings. The molecule has 0 aliphatic rings. The van der Waals surface area contributed by atoms with Gasteiger partial charge in [-0.1, -0.05) is 35.7 Å². The van der Waals surface area contributed by atoms with Gasteiger partial charge >= 0.3 is 0 Å². The average Bonchev–Trinajstić information content (AvgIpc) is 3.01. The Morgan fingerprint density at radius 3 is 2.87 bits per heavy atom. The van der Waals surface area contributed by atoms with Gasteiger partial charge in [0, 0.05) is 29.9 Å². The molecule has 0 spiro atoms. The summed E-state index contributed by atoms with van der Waals surface area (Å²) in [6.07, 6.45) is 2.97. The maximum absolute atomic E-state index is 6.29. The van der Waals surface area contributed by atoms with Crippen molar-refractivity contribution in [2.24, 2.45) is 0 Å². The highest BCUT2D eigenvalue weighted by atomic mass is 35.5. The Bertz CT molecular complexity index is 842. The quantitative estimate of drug-likeness (QED) is 0.681. The van der Waals surface area contributed by atoms with Gasteiger partial charge in [0.2, 0.25) is 0 Å². The molecule has 114 valence electrons. The number of hydrogen-bond acceptors (Lipinski definition) is 4. The maximum Gasteiger partial charge on any atom is 0.166 e. The van der Waals surface area contributed by atoms with Gasteiger partial charge in [-0.2, -0.15) is 0 Å². The monoisotopic (exact) mass is 323 g/mol. The Hall–Kier alpha value is -2.64. The van der Waals surface area contributed by atoms with Crippen molar-refractivity contribution in [3.8, 4) is 23.1 Å². The van der Waals surface area contributed by atoms with Crippen molar-refractivity contribution in [2.75, 3.05) is 0 Å². The van der Waals surface area contributed by atoms with Crippen LogP contribution in [0.5, 0.6) is 0 Å². The molecule has 5 heteroatoms. The summed E-state index contributed by atoms with van der Waals surface area (Å²) in [4.78, 5) is 4.16. The highest BCUT2D eigenvalue weighted by Crippen LogP contribution is 2.32. The lowest BCUT2D eigenvalue weighted by atomic mass is 10.0. The molecule has 0 atom stereocenters. The van der Waals surface area contributed by atoms with E-state index in [1.54, 1.807) is 6.20 Å². The van der Waals surface area contributed by atoms with E-state index in [9.17, 15) is 0 Å². The van der Waals surface area contributed by atoms with Crippen LogP contribution in [0.4, 0.5) is 0 Å². The van der Waals surface area contributed by atoms with Crippen molar-refractivity contribution in [3.63, 3.8) is 0 Å². The Morgan fingerprint density at radius 1 is 1.17 bits per heavy atom. The number of pyridine rings is 1. The van der Waals surface area contributed by atoms with E-state index in [1.807, 2.05) is 43.3 Å². The lowest BCUT2D eigenvalue weighted by Crippen LogP contribution is -1.91. The number of halogens is 1. The zero-order valence-electron chi connectivity index (χ0n) is 12.6. The van der Waals surface area contributed by atoms with Crippen molar-refractivity contribution in [1.82, 2.24) is 15.4 Å². The summed E-state index contributed by atoms with van der Waals surface area (Å²) in [7, 11) is 0. The molecule has 3 aromatic rings. The molecular weight excluding hydrogens is 310 g/mol. The second-order valence-corrected chi connectivity index (χ2v) is 5.40. The molecule has 4 nitrogen and oxygen atoms in total. The third-order valence-corrected chi connectivity index (χ3v) is 3.69. The molecule has 2 heterocycles. The highest BCUT2D eigenvalue weighted by Gasteiger charge is 2.16. The van der Waals surface area contributed by atoms with Gasteiger partial charge in [-0.25, -0.2) is 4.98 Å². The number of benzene rings is 1. The fourth-order valence-electron chi connectivity index (χ4n) is 2.26. The summed E-state index contributed by atoms with van der Waals surface area (Å²) in [5.41, 5.74) is 3.34. The van der Waals surface area contributed by atoms with Crippen molar-refractivity contribution >= 4 is 11.6 Å².